The van der Waals surface area contributed by atoms with Crippen LogP contribution in [0.4, 0.5) is 10.5 Å². The molecule has 0 spiro atoms. The molecular formula is C13H21N3O. The number of urea groups is 1. The molecule has 94 valence electrons. The van der Waals surface area contributed by atoms with Crippen molar-refractivity contribution in [3.05, 3.63) is 29.8 Å². The number of benzene rings is 1. The third-order valence-corrected chi connectivity index (χ3v) is 2.96. The fraction of sp³-hybridized carbons (Fsp3) is 0.462. The summed E-state index contributed by atoms with van der Waals surface area (Å²) in [5.41, 5.74) is 7.23. The van der Waals surface area contributed by atoms with Gasteiger partial charge in [0.15, 0.2) is 0 Å². The van der Waals surface area contributed by atoms with Crippen LogP contribution in [0.15, 0.2) is 24.3 Å². The molecule has 0 saturated heterocycles. The van der Waals surface area contributed by atoms with Gasteiger partial charge in [0.25, 0.3) is 0 Å². The Bertz CT molecular complexity index is 369. The zero-order valence-electron chi connectivity index (χ0n) is 10.7. The number of nitrogens with two attached hydrogens (primary N) is 1. The van der Waals surface area contributed by atoms with Crippen molar-refractivity contribution in [3.8, 4) is 0 Å². The molecule has 4 heteroatoms. The minimum atomic E-state index is -0.352. The standard InChI is InChI=1S/C13H21N3O/c1-4-13(3,9-14)16-12(17)15-11-7-5-10(2)6-8-11/h5-8H,4,9,14H2,1-3H3,(H2,15,16,17). The Balaban J connectivity index is 2.58. The van der Waals surface area contributed by atoms with Gasteiger partial charge in [-0.25, -0.2) is 4.79 Å². The average Bonchev–Trinajstić information content (AvgIpc) is 2.32. The molecule has 1 unspecified atom stereocenters. The summed E-state index contributed by atoms with van der Waals surface area (Å²) >= 11 is 0. The zero-order chi connectivity index (χ0) is 12.9. The van der Waals surface area contributed by atoms with Gasteiger partial charge in [0, 0.05) is 12.2 Å². The van der Waals surface area contributed by atoms with Crippen molar-refractivity contribution in [2.24, 2.45) is 5.73 Å². The molecule has 0 heterocycles. The highest BCUT2D eigenvalue weighted by atomic mass is 16.2. The summed E-state index contributed by atoms with van der Waals surface area (Å²) in [5.74, 6) is 0. The maximum absolute atomic E-state index is 11.8. The van der Waals surface area contributed by atoms with Crippen LogP contribution in [0.2, 0.25) is 0 Å². The number of rotatable bonds is 4. The van der Waals surface area contributed by atoms with E-state index in [4.69, 9.17) is 5.73 Å². The molecule has 0 aliphatic rings. The zero-order valence-corrected chi connectivity index (χ0v) is 10.7. The Hall–Kier alpha value is -1.55. The molecule has 1 aromatic rings. The van der Waals surface area contributed by atoms with Crippen LogP contribution in [-0.2, 0) is 0 Å². The topological polar surface area (TPSA) is 67.1 Å². The van der Waals surface area contributed by atoms with Crippen molar-refractivity contribution < 1.29 is 4.79 Å². The highest BCUT2D eigenvalue weighted by Gasteiger charge is 2.22. The van der Waals surface area contributed by atoms with Crippen LogP contribution in [0.25, 0.3) is 0 Å². The van der Waals surface area contributed by atoms with Crippen LogP contribution in [0.1, 0.15) is 25.8 Å². The van der Waals surface area contributed by atoms with Crippen LogP contribution in [0, 0.1) is 6.92 Å². The lowest BCUT2D eigenvalue weighted by Gasteiger charge is -2.27. The second-order valence-electron chi connectivity index (χ2n) is 4.56. The van der Waals surface area contributed by atoms with E-state index in [0.717, 1.165) is 17.7 Å². The molecule has 0 radical (unpaired) electrons. The first kappa shape index (κ1) is 13.5. The summed E-state index contributed by atoms with van der Waals surface area (Å²) in [6.07, 6.45) is 0.796. The Morgan fingerprint density at radius 1 is 1.35 bits per heavy atom. The van der Waals surface area contributed by atoms with Crippen molar-refractivity contribution in [1.29, 1.82) is 0 Å². The first-order valence-electron chi connectivity index (χ1n) is 5.85. The summed E-state index contributed by atoms with van der Waals surface area (Å²) < 4.78 is 0. The lowest BCUT2D eigenvalue weighted by molar-refractivity contribution is 0.238. The fourth-order valence-electron chi connectivity index (χ4n) is 1.36. The van der Waals surface area contributed by atoms with Gasteiger partial charge in [0.2, 0.25) is 0 Å². The Kier molecular flexibility index (Phi) is 4.52. The first-order chi connectivity index (χ1) is 7.99. The first-order valence-corrected chi connectivity index (χ1v) is 5.85. The largest absolute Gasteiger partial charge is 0.331 e. The smallest absolute Gasteiger partial charge is 0.319 e. The van der Waals surface area contributed by atoms with Gasteiger partial charge in [-0.1, -0.05) is 24.6 Å². The molecular weight excluding hydrogens is 214 g/mol. The normalized spacial score (nSPS) is 13.9. The number of aryl methyl sites for hydroxylation is 1. The minimum Gasteiger partial charge on any atom is -0.331 e. The van der Waals surface area contributed by atoms with Crippen molar-refractivity contribution in [3.63, 3.8) is 0 Å². The monoisotopic (exact) mass is 235 g/mol. The summed E-state index contributed by atoms with van der Waals surface area (Å²) in [6.45, 7) is 6.36. The summed E-state index contributed by atoms with van der Waals surface area (Å²) in [5, 5.41) is 5.67. The van der Waals surface area contributed by atoms with E-state index in [1.54, 1.807) is 0 Å². The van der Waals surface area contributed by atoms with E-state index < -0.39 is 0 Å². The van der Waals surface area contributed by atoms with Crippen LogP contribution in [-0.4, -0.2) is 18.1 Å². The number of hydrogen-bond donors (Lipinski definition) is 3. The third-order valence-electron chi connectivity index (χ3n) is 2.96. The second kappa shape index (κ2) is 5.68. The van der Waals surface area contributed by atoms with E-state index in [9.17, 15) is 4.79 Å². The SMILES string of the molecule is CCC(C)(CN)NC(=O)Nc1ccc(C)cc1. The predicted molar refractivity (Wildman–Crippen MR) is 71.1 cm³/mol. The van der Waals surface area contributed by atoms with E-state index in [2.05, 4.69) is 10.6 Å². The van der Waals surface area contributed by atoms with E-state index in [1.807, 2.05) is 45.0 Å². The number of nitrogens with one attached hydrogen (secondary N) is 2. The highest BCUT2D eigenvalue weighted by molar-refractivity contribution is 5.89. The van der Waals surface area contributed by atoms with Crippen LogP contribution in [0.5, 0.6) is 0 Å². The van der Waals surface area contributed by atoms with Gasteiger partial charge in [0.05, 0.1) is 5.54 Å². The molecule has 0 aliphatic carbocycles. The quantitative estimate of drug-likeness (QED) is 0.749. The van der Waals surface area contributed by atoms with E-state index in [-0.39, 0.29) is 11.6 Å². The van der Waals surface area contributed by atoms with Gasteiger partial charge in [-0.05, 0) is 32.4 Å². The van der Waals surface area contributed by atoms with Crippen LogP contribution >= 0.6 is 0 Å². The molecule has 0 aliphatic heterocycles. The van der Waals surface area contributed by atoms with Crippen molar-refractivity contribution in [1.82, 2.24) is 5.32 Å². The highest BCUT2D eigenvalue weighted by Crippen LogP contribution is 2.10. The predicted octanol–water partition coefficient (Wildman–Crippen LogP) is 2.24. The van der Waals surface area contributed by atoms with Gasteiger partial charge in [-0.3, -0.25) is 0 Å². The molecule has 1 aromatic carbocycles. The summed E-state index contributed by atoms with van der Waals surface area (Å²) in [7, 11) is 0. The minimum absolute atomic E-state index is 0.219. The number of anilines is 1. The van der Waals surface area contributed by atoms with Gasteiger partial charge < -0.3 is 16.4 Å². The number of amides is 2. The van der Waals surface area contributed by atoms with Crippen LogP contribution < -0.4 is 16.4 Å². The molecule has 0 aromatic heterocycles. The molecule has 0 fully saturated rings. The maximum atomic E-state index is 11.8. The molecule has 0 bridgehead atoms. The van der Waals surface area contributed by atoms with Gasteiger partial charge >= 0.3 is 6.03 Å². The third kappa shape index (κ3) is 4.07. The Morgan fingerprint density at radius 2 is 1.94 bits per heavy atom. The van der Waals surface area contributed by atoms with Crippen LogP contribution in [0.3, 0.4) is 0 Å². The fourth-order valence-corrected chi connectivity index (χ4v) is 1.36. The molecule has 4 N–H and O–H groups in total. The number of carbonyl (C=O) groups excluding carboxylic acids is 1. The van der Waals surface area contributed by atoms with Gasteiger partial charge in [-0.2, -0.15) is 0 Å². The molecule has 4 nitrogen and oxygen atoms in total. The molecule has 0 saturated carbocycles. The summed E-state index contributed by atoms with van der Waals surface area (Å²) in [6, 6.07) is 7.44. The summed E-state index contributed by atoms with van der Waals surface area (Å²) in [4.78, 5) is 11.8. The van der Waals surface area contributed by atoms with E-state index >= 15 is 0 Å². The molecule has 1 rings (SSSR count). The number of carbonyl (C=O) groups is 1. The number of hydrogen-bond acceptors (Lipinski definition) is 2. The lowest BCUT2D eigenvalue weighted by atomic mass is 10.00. The Morgan fingerprint density at radius 3 is 2.41 bits per heavy atom. The molecule has 2 amide bonds. The second-order valence-corrected chi connectivity index (χ2v) is 4.56. The van der Waals surface area contributed by atoms with Crippen molar-refractivity contribution in [2.75, 3.05) is 11.9 Å². The van der Waals surface area contributed by atoms with E-state index in [0.29, 0.717) is 6.54 Å². The molecule has 17 heavy (non-hydrogen) atoms. The van der Waals surface area contributed by atoms with Gasteiger partial charge in [0.1, 0.15) is 0 Å². The average molecular weight is 235 g/mol. The Labute approximate surface area is 103 Å². The molecule has 1 atom stereocenters. The van der Waals surface area contributed by atoms with Gasteiger partial charge in [-0.15, -0.1) is 0 Å². The van der Waals surface area contributed by atoms with E-state index in [1.165, 1.54) is 0 Å². The van der Waals surface area contributed by atoms with Crippen molar-refractivity contribution in [2.45, 2.75) is 32.7 Å². The maximum Gasteiger partial charge on any atom is 0.319 e. The van der Waals surface area contributed by atoms with Crippen molar-refractivity contribution >= 4 is 11.7 Å². The lowest BCUT2D eigenvalue weighted by Crippen LogP contribution is -2.52.